The van der Waals surface area contributed by atoms with Crippen LogP contribution in [-0.2, 0) is 0 Å². The normalized spacial score (nSPS) is 11.8. The molecular weight excluding hydrogens is 281 g/mol. The highest BCUT2D eigenvalue weighted by molar-refractivity contribution is 6.32. The first-order valence-corrected chi connectivity index (χ1v) is 5.52. The molecule has 0 saturated heterocycles. The Morgan fingerprint density at radius 1 is 1.37 bits per heavy atom. The fraction of sp³-hybridized carbons (Fsp3) is 0.308. The van der Waals surface area contributed by atoms with Crippen molar-refractivity contribution in [3.05, 3.63) is 28.8 Å². The van der Waals surface area contributed by atoms with Crippen molar-refractivity contribution >= 4 is 17.4 Å². The summed E-state index contributed by atoms with van der Waals surface area (Å²) in [6.45, 7) is 3.19. The van der Waals surface area contributed by atoms with Gasteiger partial charge in [0.05, 0.1) is 5.02 Å². The number of carbonyl (C=O) groups excluding carboxylic acids is 1. The zero-order valence-corrected chi connectivity index (χ0v) is 10.9. The Balaban J connectivity index is 3.06. The Bertz CT molecular complexity index is 542. The van der Waals surface area contributed by atoms with Crippen molar-refractivity contribution in [3.8, 4) is 18.1 Å². The number of carbonyl (C=O) groups is 1. The van der Waals surface area contributed by atoms with E-state index in [0.717, 1.165) is 12.1 Å². The summed E-state index contributed by atoms with van der Waals surface area (Å²) in [6.07, 6.45) is 0.278. The molecule has 0 heterocycles. The first-order chi connectivity index (χ1) is 8.57. The van der Waals surface area contributed by atoms with Crippen LogP contribution in [0, 0.1) is 12.3 Å². The van der Waals surface area contributed by atoms with E-state index in [1.807, 2.05) is 0 Å². The van der Waals surface area contributed by atoms with Crippen molar-refractivity contribution in [1.29, 1.82) is 0 Å². The van der Waals surface area contributed by atoms with E-state index in [4.69, 9.17) is 22.8 Å². The number of ether oxygens (including phenoxy) is 1. The summed E-state index contributed by atoms with van der Waals surface area (Å²) in [5.74, 6) is 0.504. The highest BCUT2D eigenvalue weighted by Crippen LogP contribution is 2.31. The number of ketones is 1. The number of terminal acetylenes is 1. The van der Waals surface area contributed by atoms with Gasteiger partial charge in [0.1, 0.15) is 5.75 Å². The highest BCUT2D eigenvalue weighted by atomic mass is 35.5. The van der Waals surface area contributed by atoms with Crippen LogP contribution in [0.5, 0.6) is 5.75 Å². The number of alkyl halides is 3. The van der Waals surface area contributed by atoms with E-state index in [-0.39, 0.29) is 10.8 Å². The lowest BCUT2D eigenvalue weighted by atomic mass is 10.1. The maximum absolute atomic E-state index is 12.2. The molecule has 0 aromatic heterocycles. The van der Waals surface area contributed by atoms with Gasteiger partial charge in [-0.3, -0.25) is 4.79 Å². The van der Waals surface area contributed by atoms with Gasteiger partial charge < -0.3 is 4.74 Å². The minimum absolute atomic E-state index is 0.113. The molecule has 0 bridgehead atoms. The molecule has 0 spiro atoms. The van der Waals surface area contributed by atoms with E-state index < -0.39 is 23.1 Å². The lowest BCUT2D eigenvalue weighted by molar-refractivity contribution is -0.0885. The molecule has 102 valence electrons. The van der Waals surface area contributed by atoms with Gasteiger partial charge in [0.2, 0.25) is 0 Å². The third-order valence-electron chi connectivity index (χ3n) is 2.16. The standard InChI is InChI=1S/C13H10ClF3O2/c1-4-12(2,3)19-10-6-5-8(7-9(10)14)11(18)13(15,16)17/h1,5-7H,2-3H3. The summed E-state index contributed by atoms with van der Waals surface area (Å²) >= 11 is 5.77. The van der Waals surface area contributed by atoms with Crippen molar-refractivity contribution in [3.63, 3.8) is 0 Å². The second kappa shape index (κ2) is 5.14. The second-order valence-electron chi connectivity index (χ2n) is 4.23. The number of rotatable bonds is 3. The largest absolute Gasteiger partial charge is 0.474 e. The van der Waals surface area contributed by atoms with Gasteiger partial charge >= 0.3 is 6.18 Å². The molecule has 0 aliphatic carbocycles. The molecule has 1 aromatic rings. The summed E-state index contributed by atoms with van der Waals surface area (Å²) in [6, 6.07) is 3.07. The SMILES string of the molecule is C#CC(C)(C)Oc1ccc(C(=O)C(F)(F)F)cc1Cl. The molecule has 0 fully saturated rings. The molecule has 1 aromatic carbocycles. The third kappa shape index (κ3) is 3.90. The summed E-state index contributed by atoms with van der Waals surface area (Å²) in [5.41, 5.74) is -1.51. The van der Waals surface area contributed by atoms with Crippen LogP contribution in [0.15, 0.2) is 18.2 Å². The minimum Gasteiger partial charge on any atom is -0.474 e. The number of hydrogen-bond donors (Lipinski definition) is 0. The molecule has 0 aliphatic heterocycles. The van der Waals surface area contributed by atoms with Gasteiger partial charge in [0.15, 0.2) is 5.60 Å². The Hall–Kier alpha value is -1.67. The predicted molar refractivity (Wildman–Crippen MR) is 65.4 cm³/mol. The van der Waals surface area contributed by atoms with E-state index in [9.17, 15) is 18.0 Å². The van der Waals surface area contributed by atoms with Crippen molar-refractivity contribution in [2.75, 3.05) is 0 Å². The second-order valence-corrected chi connectivity index (χ2v) is 4.64. The van der Waals surface area contributed by atoms with Crippen LogP contribution in [0.4, 0.5) is 13.2 Å². The van der Waals surface area contributed by atoms with Gasteiger partial charge in [-0.1, -0.05) is 17.5 Å². The lowest BCUT2D eigenvalue weighted by Crippen LogP contribution is -2.26. The van der Waals surface area contributed by atoms with Crippen molar-refractivity contribution in [1.82, 2.24) is 0 Å². The average Bonchev–Trinajstić information content (AvgIpc) is 2.29. The van der Waals surface area contributed by atoms with Gasteiger partial charge in [-0.05, 0) is 32.0 Å². The van der Waals surface area contributed by atoms with Crippen molar-refractivity contribution < 1.29 is 22.7 Å². The molecule has 0 aliphatic rings. The molecule has 0 atom stereocenters. The van der Waals surface area contributed by atoms with Crippen molar-refractivity contribution in [2.24, 2.45) is 0 Å². The Kier molecular flexibility index (Phi) is 4.16. The van der Waals surface area contributed by atoms with Crippen LogP contribution in [-0.4, -0.2) is 17.6 Å². The number of Topliss-reactive ketones (excluding diaryl/α,β-unsaturated/α-hetero) is 1. The number of hydrogen-bond acceptors (Lipinski definition) is 2. The van der Waals surface area contributed by atoms with E-state index >= 15 is 0 Å². The molecule has 6 heteroatoms. The van der Waals surface area contributed by atoms with Gasteiger partial charge in [-0.2, -0.15) is 13.2 Å². The summed E-state index contributed by atoms with van der Waals surface area (Å²) in [4.78, 5) is 11.0. The first kappa shape index (κ1) is 15.4. The van der Waals surface area contributed by atoms with E-state index in [1.54, 1.807) is 13.8 Å². The Labute approximate surface area is 113 Å². The predicted octanol–water partition coefficient (Wildman–Crippen LogP) is 3.88. The van der Waals surface area contributed by atoms with Gasteiger partial charge in [0.25, 0.3) is 5.78 Å². The van der Waals surface area contributed by atoms with Crippen LogP contribution in [0.1, 0.15) is 24.2 Å². The monoisotopic (exact) mass is 290 g/mol. The van der Waals surface area contributed by atoms with Crippen LogP contribution in [0.2, 0.25) is 5.02 Å². The maximum Gasteiger partial charge on any atom is 0.454 e. The third-order valence-corrected chi connectivity index (χ3v) is 2.46. The fourth-order valence-electron chi connectivity index (χ4n) is 1.19. The smallest absolute Gasteiger partial charge is 0.454 e. The van der Waals surface area contributed by atoms with Crippen LogP contribution in [0.3, 0.4) is 0 Å². The Morgan fingerprint density at radius 2 is 1.95 bits per heavy atom. The van der Waals surface area contributed by atoms with Gasteiger partial charge in [-0.15, -0.1) is 6.42 Å². The highest BCUT2D eigenvalue weighted by Gasteiger charge is 2.39. The average molecular weight is 291 g/mol. The van der Waals surface area contributed by atoms with Crippen molar-refractivity contribution in [2.45, 2.75) is 25.6 Å². The molecule has 0 saturated carbocycles. The topological polar surface area (TPSA) is 26.3 Å². The summed E-state index contributed by atoms with van der Waals surface area (Å²) in [7, 11) is 0. The summed E-state index contributed by atoms with van der Waals surface area (Å²) in [5, 5.41) is -0.113. The first-order valence-electron chi connectivity index (χ1n) is 5.15. The van der Waals surface area contributed by atoms with Crippen LogP contribution in [0.25, 0.3) is 0 Å². The molecule has 1 rings (SSSR count). The molecule has 19 heavy (non-hydrogen) atoms. The maximum atomic E-state index is 12.2. The molecule has 0 radical (unpaired) electrons. The zero-order valence-electron chi connectivity index (χ0n) is 10.1. The molecule has 0 unspecified atom stereocenters. The lowest BCUT2D eigenvalue weighted by Gasteiger charge is -2.21. The van der Waals surface area contributed by atoms with E-state index in [1.165, 1.54) is 6.07 Å². The van der Waals surface area contributed by atoms with Gasteiger partial charge in [0, 0.05) is 5.56 Å². The molecule has 2 nitrogen and oxygen atoms in total. The number of benzene rings is 1. The van der Waals surface area contributed by atoms with E-state index in [2.05, 4.69) is 5.92 Å². The molecular formula is C13H10ClF3O2. The Morgan fingerprint density at radius 3 is 2.37 bits per heavy atom. The quantitative estimate of drug-likeness (QED) is 0.624. The summed E-state index contributed by atoms with van der Waals surface area (Å²) < 4.78 is 42.1. The minimum atomic E-state index is -4.94. The van der Waals surface area contributed by atoms with Crippen LogP contribution >= 0.6 is 11.6 Å². The molecule has 0 N–H and O–H groups in total. The van der Waals surface area contributed by atoms with Crippen LogP contribution < -0.4 is 4.74 Å². The van der Waals surface area contributed by atoms with Gasteiger partial charge in [-0.25, -0.2) is 0 Å². The number of halogens is 4. The van der Waals surface area contributed by atoms with E-state index in [0.29, 0.717) is 0 Å². The fourth-order valence-corrected chi connectivity index (χ4v) is 1.41. The zero-order chi connectivity index (χ0) is 14.8. The molecule has 0 amide bonds.